The van der Waals surface area contributed by atoms with Gasteiger partial charge >= 0.3 is 0 Å². The van der Waals surface area contributed by atoms with Crippen molar-refractivity contribution in [3.63, 3.8) is 0 Å². The van der Waals surface area contributed by atoms with Crippen LogP contribution in [-0.2, 0) is 4.79 Å². The monoisotopic (exact) mass is 183 g/mol. The molecule has 1 atom stereocenters. The molecule has 0 aliphatic heterocycles. The van der Waals surface area contributed by atoms with Crippen LogP contribution in [-0.4, -0.2) is 12.3 Å². The van der Waals surface area contributed by atoms with Crippen LogP contribution < -0.4 is 5.73 Å². The van der Waals surface area contributed by atoms with E-state index in [0.29, 0.717) is 18.2 Å². The number of rotatable bonds is 3. The lowest BCUT2D eigenvalue weighted by molar-refractivity contribution is -0.127. The second kappa shape index (κ2) is 4.75. The highest BCUT2D eigenvalue weighted by Crippen LogP contribution is 2.30. The molecule has 2 heteroatoms. The smallest absolute Gasteiger partial charge is 0.140 e. The van der Waals surface area contributed by atoms with Gasteiger partial charge in [-0.2, -0.15) is 0 Å². The molecule has 0 saturated heterocycles. The average molecular weight is 183 g/mol. The number of hydrogen-bond acceptors (Lipinski definition) is 2. The van der Waals surface area contributed by atoms with Crippen LogP contribution in [0.1, 0.15) is 39.5 Å². The molecule has 2 nitrogen and oxygen atoms in total. The fourth-order valence-electron chi connectivity index (χ4n) is 2.06. The van der Waals surface area contributed by atoms with Gasteiger partial charge in [0.15, 0.2) is 0 Å². The molecule has 0 amide bonds. The molecule has 76 valence electrons. The van der Waals surface area contributed by atoms with Crippen LogP contribution in [0.3, 0.4) is 0 Å². The summed E-state index contributed by atoms with van der Waals surface area (Å²) in [5.41, 5.74) is 5.49. The van der Waals surface area contributed by atoms with Gasteiger partial charge in [-0.05, 0) is 18.8 Å². The highest BCUT2D eigenvalue weighted by molar-refractivity contribution is 5.83. The zero-order chi connectivity index (χ0) is 9.84. The van der Waals surface area contributed by atoms with Crippen LogP contribution >= 0.6 is 0 Å². The molecule has 0 aromatic carbocycles. The van der Waals surface area contributed by atoms with Crippen molar-refractivity contribution in [2.24, 2.45) is 23.5 Å². The zero-order valence-electron chi connectivity index (χ0n) is 8.75. The van der Waals surface area contributed by atoms with E-state index in [0.717, 1.165) is 18.8 Å². The predicted molar refractivity (Wildman–Crippen MR) is 54.3 cm³/mol. The van der Waals surface area contributed by atoms with Crippen molar-refractivity contribution in [1.29, 1.82) is 0 Å². The minimum atomic E-state index is 0.0680. The molecule has 1 rings (SSSR count). The topological polar surface area (TPSA) is 43.1 Å². The molecule has 1 saturated carbocycles. The third-order valence-corrected chi connectivity index (χ3v) is 3.26. The minimum Gasteiger partial charge on any atom is -0.330 e. The lowest BCUT2D eigenvalue weighted by atomic mass is 9.78. The maximum atomic E-state index is 11.8. The molecule has 0 spiro atoms. The second-order valence-corrected chi connectivity index (χ2v) is 4.50. The molecule has 1 aliphatic rings. The van der Waals surface area contributed by atoms with Crippen molar-refractivity contribution in [2.75, 3.05) is 6.54 Å². The van der Waals surface area contributed by atoms with Gasteiger partial charge in [0, 0.05) is 18.4 Å². The van der Waals surface area contributed by atoms with Gasteiger partial charge < -0.3 is 5.73 Å². The van der Waals surface area contributed by atoms with Gasteiger partial charge in [0.25, 0.3) is 0 Å². The summed E-state index contributed by atoms with van der Waals surface area (Å²) in [5, 5.41) is 0. The second-order valence-electron chi connectivity index (χ2n) is 4.50. The summed E-state index contributed by atoms with van der Waals surface area (Å²) >= 11 is 0. The fourth-order valence-corrected chi connectivity index (χ4v) is 2.06. The molecule has 0 heterocycles. The van der Waals surface area contributed by atoms with E-state index in [2.05, 4.69) is 6.92 Å². The Morgan fingerprint density at radius 2 is 1.92 bits per heavy atom. The third-order valence-electron chi connectivity index (χ3n) is 3.26. The van der Waals surface area contributed by atoms with Crippen LogP contribution in [0.2, 0.25) is 0 Å². The summed E-state index contributed by atoms with van der Waals surface area (Å²) in [6, 6.07) is 0. The van der Waals surface area contributed by atoms with E-state index >= 15 is 0 Å². The summed E-state index contributed by atoms with van der Waals surface area (Å²) in [7, 11) is 0. The number of hydrogen-bond donors (Lipinski definition) is 1. The molecular weight excluding hydrogens is 162 g/mol. The van der Waals surface area contributed by atoms with E-state index in [4.69, 9.17) is 5.73 Å². The van der Waals surface area contributed by atoms with E-state index in [9.17, 15) is 4.79 Å². The van der Waals surface area contributed by atoms with Crippen molar-refractivity contribution in [3.05, 3.63) is 0 Å². The minimum absolute atomic E-state index is 0.0680. The SMILES string of the molecule is CC1CCC(C(=O)C(C)CN)CC1. The normalized spacial score (nSPS) is 31.3. The molecule has 1 unspecified atom stereocenters. The first kappa shape index (κ1) is 10.7. The predicted octanol–water partition coefficient (Wildman–Crippen LogP) is 1.98. The maximum absolute atomic E-state index is 11.8. The molecule has 1 aliphatic carbocycles. The molecule has 13 heavy (non-hydrogen) atoms. The Morgan fingerprint density at radius 1 is 1.38 bits per heavy atom. The van der Waals surface area contributed by atoms with Gasteiger partial charge in [-0.25, -0.2) is 0 Å². The van der Waals surface area contributed by atoms with Crippen molar-refractivity contribution in [3.8, 4) is 0 Å². The van der Waals surface area contributed by atoms with Crippen molar-refractivity contribution in [1.82, 2.24) is 0 Å². The lowest BCUT2D eigenvalue weighted by Gasteiger charge is -2.26. The van der Waals surface area contributed by atoms with Gasteiger partial charge in [-0.1, -0.05) is 26.7 Å². The zero-order valence-corrected chi connectivity index (χ0v) is 8.75. The van der Waals surface area contributed by atoms with E-state index in [1.54, 1.807) is 0 Å². The summed E-state index contributed by atoms with van der Waals surface area (Å²) in [4.78, 5) is 11.8. The standard InChI is InChI=1S/C11H21NO/c1-8-3-5-10(6-4-8)11(13)9(2)7-12/h8-10H,3-7,12H2,1-2H3. The van der Waals surface area contributed by atoms with Gasteiger partial charge in [0.2, 0.25) is 0 Å². The van der Waals surface area contributed by atoms with E-state index in [-0.39, 0.29) is 5.92 Å². The number of Topliss-reactive ketones (excluding diaryl/α,β-unsaturated/α-hetero) is 1. The van der Waals surface area contributed by atoms with Gasteiger partial charge in [-0.15, -0.1) is 0 Å². The Hall–Kier alpha value is -0.370. The van der Waals surface area contributed by atoms with Gasteiger partial charge in [-0.3, -0.25) is 4.79 Å². The molecule has 0 aromatic heterocycles. The summed E-state index contributed by atoms with van der Waals surface area (Å²) in [5.74, 6) is 1.60. The van der Waals surface area contributed by atoms with E-state index in [1.807, 2.05) is 6.92 Å². The highest BCUT2D eigenvalue weighted by atomic mass is 16.1. The quantitative estimate of drug-likeness (QED) is 0.727. The third kappa shape index (κ3) is 2.80. The van der Waals surface area contributed by atoms with Crippen LogP contribution in [0.5, 0.6) is 0 Å². The van der Waals surface area contributed by atoms with Crippen LogP contribution in [0.15, 0.2) is 0 Å². The van der Waals surface area contributed by atoms with Crippen LogP contribution in [0.4, 0.5) is 0 Å². The Balaban J connectivity index is 2.40. The molecule has 1 fully saturated rings. The first-order valence-corrected chi connectivity index (χ1v) is 5.39. The van der Waals surface area contributed by atoms with Crippen molar-refractivity contribution >= 4 is 5.78 Å². The molecule has 0 radical (unpaired) electrons. The first-order valence-electron chi connectivity index (χ1n) is 5.39. The highest BCUT2D eigenvalue weighted by Gasteiger charge is 2.26. The number of carbonyl (C=O) groups is 1. The molecular formula is C11H21NO. The molecule has 2 N–H and O–H groups in total. The van der Waals surface area contributed by atoms with Crippen molar-refractivity contribution < 1.29 is 4.79 Å². The Bertz CT molecular complexity index is 171. The lowest BCUT2D eigenvalue weighted by Crippen LogP contribution is -2.29. The molecule has 0 aromatic rings. The largest absolute Gasteiger partial charge is 0.330 e. The van der Waals surface area contributed by atoms with Gasteiger partial charge in [0.05, 0.1) is 0 Å². The van der Waals surface area contributed by atoms with E-state index in [1.165, 1.54) is 12.8 Å². The Labute approximate surface area is 80.9 Å². The summed E-state index contributed by atoms with van der Waals surface area (Å²) in [6.07, 6.45) is 4.61. The number of carbonyl (C=O) groups excluding carboxylic acids is 1. The maximum Gasteiger partial charge on any atom is 0.140 e. The summed E-state index contributed by atoms with van der Waals surface area (Å²) < 4.78 is 0. The number of ketones is 1. The summed E-state index contributed by atoms with van der Waals surface area (Å²) in [6.45, 7) is 4.72. The van der Waals surface area contributed by atoms with Crippen LogP contribution in [0, 0.1) is 17.8 Å². The Kier molecular flexibility index (Phi) is 3.91. The van der Waals surface area contributed by atoms with Crippen molar-refractivity contribution in [2.45, 2.75) is 39.5 Å². The Morgan fingerprint density at radius 3 is 2.38 bits per heavy atom. The van der Waals surface area contributed by atoms with E-state index < -0.39 is 0 Å². The van der Waals surface area contributed by atoms with Gasteiger partial charge in [0.1, 0.15) is 5.78 Å². The average Bonchev–Trinajstić information content (AvgIpc) is 2.17. The molecule has 0 bridgehead atoms. The number of nitrogens with two attached hydrogens (primary N) is 1. The fraction of sp³-hybridized carbons (Fsp3) is 0.909. The van der Waals surface area contributed by atoms with Crippen LogP contribution in [0.25, 0.3) is 0 Å². The first-order chi connectivity index (χ1) is 6.15.